The molecule has 0 aliphatic carbocycles. The van der Waals surface area contributed by atoms with Crippen molar-refractivity contribution in [3.63, 3.8) is 0 Å². The fourth-order valence-electron chi connectivity index (χ4n) is 2.13. The number of carbonyl (C=O) groups is 1. The molecule has 0 fully saturated rings. The number of pyridine rings is 1. The number of methoxy groups -OCH3 is 2. The molecule has 0 bridgehead atoms. The van der Waals surface area contributed by atoms with Gasteiger partial charge in [-0.05, 0) is 18.6 Å². The molecule has 112 valence electrons. The van der Waals surface area contributed by atoms with Gasteiger partial charge in [0.25, 0.3) is 0 Å². The van der Waals surface area contributed by atoms with Crippen LogP contribution in [0.3, 0.4) is 0 Å². The van der Waals surface area contributed by atoms with E-state index >= 15 is 0 Å². The number of ether oxygens (including phenoxy) is 2. The average Bonchev–Trinajstić information content (AvgIpc) is 2.51. The number of carbonyl (C=O) groups excluding carboxylic acids is 1. The maximum Gasteiger partial charge on any atom is 0.311 e. The molecular formula is C16H20N2O3. The lowest BCUT2D eigenvalue weighted by atomic mass is 10.1. The predicted molar refractivity (Wildman–Crippen MR) is 82.4 cm³/mol. The number of esters is 1. The first kappa shape index (κ1) is 15.3. The van der Waals surface area contributed by atoms with Gasteiger partial charge in [-0.2, -0.15) is 0 Å². The summed E-state index contributed by atoms with van der Waals surface area (Å²) in [5.41, 5.74) is 2.55. The Labute approximate surface area is 124 Å². The van der Waals surface area contributed by atoms with Crippen molar-refractivity contribution < 1.29 is 14.3 Å². The molecule has 0 aliphatic heterocycles. The molecule has 0 saturated heterocycles. The van der Waals surface area contributed by atoms with Crippen molar-refractivity contribution in [1.82, 2.24) is 4.98 Å². The maximum absolute atomic E-state index is 11.4. The maximum atomic E-state index is 11.4. The molecule has 2 aromatic rings. The molecule has 0 saturated carbocycles. The Hall–Kier alpha value is -2.14. The summed E-state index contributed by atoms with van der Waals surface area (Å²) >= 11 is 0. The van der Waals surface area contributed by atoms with Crippen molar-refractivity contribution in [3.8, 4) is 0 Å². The zero-order valence-electron chi connectivity index (χ0n) is 12.4. The van der Waals surface area contributed by atoms with Gasteiger partial charge in [0.15, 0.2) is 0 Å². The predicted octanol–water partition coefficient (Wildman–Crippen LogP) is 2.40. The third-order valence-corrected chi connectivity index (χ3v) is 3.16. The summed E-state index contributed by atoms with van der Waals surface area (Å²) in [4.78, 5) is 15.9. The van der Waals surface area contributed by atoms with Crippen LogP contribution >= 0.6 is 0 Å². The Balaban J connectivity index is 2.24. The second-order valence-electron chi connectivity index (χ2n) is 4.70. The van der Waals surface area contributed by atoms with Crippen molar-refractivity contribution >= 4 is 22.6 Å². The van der Waals surface area contributed by atoms with Crippen LogP contribution in [0, 0.1) is 0 Å². The first-order valence-electron chi connectivity index (χ1n) is 6.93. The SMILES string of the molecule is COCCCNc1cc(CC(=O)OC)nc2ccccc12. The Morgan fingerprint density at radius 2 is 2.10 bits per heavy atom. The molecule has 0 radical (unpaired) electrons. The third kappa shape index (κ3) is 4.16. The van der Waals surface area contributed by atoms with Crippen molar-refractivity contribution in [2.24, 2.45) is 0 Å². The van der Waals surface area contributed by atoms with E-state index < -0.39 is 0 Å². The normalized spacial score (nSPS) is 10.6. The Morgan fingerprint density at radius 1 is 1.29 bits per heavy atom. The van der Waals surface area contributed by atoms with E-state index in [0.29, 0.717) is 12.3 Å². The number of anilines is 1. The van der Waals surface area contributed by atoms with Crippen LogP contribution < -0.4 is 5.32 Å². The number of hydrogen-bond donors (Lipinski definition) is 1. The zero-order chi connectivity index (χ0) is 15.1. The number of nitrogens with zero attached hydrogens (tertiary/aromatic N) is 1. The van der Waals surface area contributed by atoms with Crippen molar-refractivity contribution in [2.45, 2.75) is 12.8 Å². The summed E-state index contributed by atoms with van der Waals surface area (Å²) < 4.78 is 9.75. The zero-order valence-corrected chi connectivity index (χ0v) is 12.4. The molecule has 5 heteroatoms. The van der Waals surface area contributed by atoms with E-state index in [1.54, 1.807) is 7.11 Å². The molecule has 0 spiro atoms. The molecular weight excluding hydrogens is 268 g/mol. The molecule has 1 N–H and O–H groups in total. The smallest absolute Gasteiger partial charge is 0.311 e. The summed E-state index contributed by atoms with van der Waals surface area (Å²) in [5, 5.41) is 4.43. The minimum atomic E-state index is -0.289. The molecule has 1 aromatic heterocycles. The van der Waals surface area contributed by atoms with Crippen LogP contribution in [0.25, 0.3) is 10.9 Å². The first-order chi connectivity index (χ1) is 10.2. The summed E-state index contributed by atoms with van der Waals surface area (Å²) in [6, 6.07) is 9.78. The highest BCUT2D eigenvalue weighted by atomic mass is 16.5. The van der Waals surface area contributed by atoms with Gasteiger partial charge in [0.2, 0.25) is 0 Å². The van der Waals surface area contributed by atoms with Gasteiger partial charge in [0, 0.05) is 31.3 Å². The molecule has 5 nitrogen and oxygen atoms in total. The number of aromatic nitrogens is 1. The lowest BCUT2D eigenvalue weighted by Crippen LogP contribution is -2.09. The molecule has 1 aromatic carbocycles. The number of nitrogens with one attached hydrogen (secondary N) is 1. The van der Waals surface area contributed by atoms with Crippen LogP contribution in [0.2, 0.25) is 0 Å². The molecule has 0 unspecified atom stereocenters. The second-order valence-corrected chi connectivity index (χ2v) is 4.70. The van der Waals surface area contributed by atoms with Crippen LogP contribution in [-0.4, -0.2) is 38.3 Å². The van der Waals surface area contributed by atoms with Crippen LogP contribution in [0.1, 0.15) is 12.1 Å². The van der Waals surface area contributed by atoms with Crippen LogP contribution in [-0.2, 0) is 20.7 Å². The van der Waals surface area contributed by atoms with Gasteiger partial charge in [0.1, 0.15) is 0 Å². The van der Waals surface area contributed by atoms with Gasteiger partial charge in [0.05, 0.1) is 24.7 Å². The number of para-hydroxylation sites is 1. The van der Waals surface area contributed by atoms with Crippen LogP contribution in [0.15, 0.2) is 30.3 Å². The fraction of sp³-hybridized carbons (Fsp3) is 0.375. The van der Waals surface area contributed by atoms with Crippen molar-refractivity contribution in [1.29, 1.82) is 0 Å². The third-order valence-electron chi connectivity index (χ3n) is 3.16. The topological polar surface area (TPSA) is 60.5 Å². The van der Waals surface area contributed by atoms with E-state index in [-0.39, 0.29) is 12.4 Å². The van der Waals surface area contributed by atoms with Gasteiger partial charge >= 0.3 is 5.97 Å². The molecule has 0 aliphatic rings. The molecule has 0 amide bonds. The van der Waals surface area contributed by atoms with E-state index in [1.807, 2.05) is 30.3 Å². The van der Waals surface area contributed by atoms with Crippen molar-refractivity contribution in [2.75, 3.05) is 32.7 Å². The minimum absolute atomic E-state index is 0.175. The molecule has 1 heterocycles. The first-order valence-corrected chi connectivity index (χ1v) is 6.93. The largest absolute Gasteiger partial charge is 0.469 e. The Morgan fingerprint density at radius 3 is 2.86 bits per heavy atom. The summed E-state index contributed by atoms with van der Waals surface area (Å²) in [6.07, 6.45) is 1.09. The van der Waals surface area contributed by atoms with Gasteiger partial charge in [-0.1, -0.05) is 18.2 Å². The van der Waals surface area contributed by atoms with E-state index in [0.717, 1.165) is 29.6 Å². The number of benzene rings is 1. The van der Waals surface area contributed by atoms with E-state index in [9.17, 15) is 4.79 Å². The summed E-state index contributed by atoms with van der Waals surface area (Å²) in [7, 11) is 3.07. The standard InChI is InChI=1S/C16H20N2O3/c1-20-9-5-8-17-15-10-12(11-16(19)21-2)18-14-7-4-3-6-13(14)15/h3-4,6-7,10H,5,8-9,11H2,1-2H3,(H,17,18). The fourth-order valence-corrected chi connectivity index (χ4v) is 2.13. The molecule has 21 heavy (non-hydrogen) atoms. The van der Waals surface area contributed by atoms with Crippen LogP contribution in [0.5, 0.6) is 0 Å². The summed E-state index contributed by atoms with van der Waals surface area (Å²) in [5.74, 6) is -0.289. The van der Waals surface area contributed by atoms with E-state index in [2.05, 4.69) is 10.3 Å². The highest BCUT2D eigenvalue weighted by Gasteiger charge is 2.09. The van der Waals surface area contributed by atoms with Crippen LogP contribution in [0.4, 0.5) is 5.69 Å². The lowest BCUT2D eigenvalue weighted by Gasteiger charge is -2.11. The quantitative estimate of drug-likeness (QED) is 0.626. The van der Waals surface area contributed by atoms with Gasteiger partial charge in [-0.25, -0.2) is 0 Å². The van der Waals surface area contributed by atoms with Gasteiger partial charge in [-0.3, -0.25) is 9.78 Å². The number of hydrogen-bond acceptors (Lipinski definition) is 5. The van der Waals surface area contributed by atoms with Gasteiger partial charge < -0.3 is 14.8 Å². The second kappa shape index (κ2) is 7.59. The molecule has 2 rings (SSSR count). The highest BCUT2D eigenvalue weighted by Crippen LogP contribution is 2.23. The number of rotatable bonds is 7. The minimum Gasteiger partial charge on any atom is -0.469 e. The molecule has 0 atom stereocenters. The van der Waals surface area contributed by atoms with Gasteiger partial charge in [-0.15, -0.1) is 0 Å². The average molecular weight is 288 g/mol. The monoisotopic (exact) mass is 288 g/mol. The van der Waals surface area contributed by atoms with Crippen molar-refractivity contribution in [3.05, 3.63) is 36.0 Å². The highest BCUT2D eigenvalue weighted by molar-refractivity contribution is 5.91. The van der Waals surface area contributed by atoms with E-state index in [1.165, 1.54) is 7.11 Å². The lowest BCUT2D eigenvalue weighted by molar-refractivity contribution is -0.139. The summed E-state index contributed by atoms with van der Waals surface area (Å²) in [6.45, 7) is 1.52. The number of fused-ring (bicyclic) bond motifs is 1. The Kier molecular flexibility index (Phi) is 5.51. The van der Waals surface area contributed by atoms with E-state index in [4.69, 9.17) is 9.47 Å². The Bertz CT molecular complexity index is 613.